The first-order chi connectivity index (χ1) is 11.1. The predicted octanol–water partition coefficient (Wildman–Crippen LogP) is -0.478. The molecule has 1 saturated heterocycles. The summed E-state index contributed by atoms with van der Waals surface area (Å²) in [5.41, 5.74) is 1.14. The van der Waals surface area contributed by atoms with Crippen LogP contribution >= 0.6 is 0 Å². The number of hydrogen-bond acceptors (Lipinski definition) is 5. The number of benzene rings is 1. The van der Waals surface area contributed by atoms with Crippen molar-refractivity contribution in [3.8, 4) is 0 Å². The van der Waals surface area contributed by atoms with E-state index in [1.807, 2.05) is 42.2 Å². The van der Waals surface area contributed by atoms with Crippen molar-refractivity contribution in [1.29, 1.82) is 0 Å². The van der Waals surface area contributed by atoms with E-state index in [9.17, 15) is 20.1 Å². The van der Waals surface area contributed by atoms with E-state index in [2.05, 4.69) is 5.32 Å². The van der Waals surface area contributed by atoms with Crippen molar-refractivity contribution in [2.24, 2.45) is 0 Å². The Morgan fingerprint density at radius 2 is 1.83 bits per heavy atom. The molecule has 4 unspecified atom stereocenters. The molecule has 1 amide bonds. The molecule has 0 aromatic heterocycles. The number of amides is 1. The van der Waals surface area contributed by atoms with Crippen LogP contribution in [0, 0.1) is 0 Å². The van der Waals surface area contributed by atoms with Crippen molar-refractivity contribution in [2.75, 3.05) is 19.7 Å². The molecule has 1 fully saturated rings. The third kappa shape index (κ3) is 4.29. The van der Waals surface area contributed by atoms with Gasteiger partial charge in [-0.2, -0.15) is 0 Å². The molecular weight excluding hydrogens is 296 g/mol. The molecule has 6 heteroatoms. The largest absolute Gasteiger partial charge is 0.395 e. The van der Waals surface area contributed by atoms with Gasteiger partial charge in [0, 0.05) is 25.6 Å². The standard InChI is InChI=1S/C17H26N2O4/c1-2-18-15(21)10-13-16(22)17(23)14(11-20)19(13)9-8-12-6-4-3-5-7-12/h3-7,13-14,16-17,20,22-23H,2,8-11H2,1H3,(H,18,21). The minimum atomic E-state index is -1.05. The van der Waals surface area contributed by atoms with Gasteiger partial charge in [0.15, 0.2) is 0 Å². The van der Waals surface area contributed by atoms with E-state index in [1.165, 1.54) is 0 Å². The lowest BCUT2D eigenvalue weighted by Gasteiger charge is -2.29. The first-order valence-electron chi connectivity index (χ1n) is 8.11. The minimum Gasteiger partial charge on any atom is -0.395 e. The lowest BCUT2D eigenvalue weighted by atomic mass is 10.1. The van der Waals surface area contributed by atoms with Crippen LogP contribution in [-0.4, -0.2) is 70.1 Å². The summed E-state index contributed by atoms with van der Waals surface area (Å²) >= 11 is 0. The number of hydrogen-bond donors (Lipinski definition) is 4. The average molecular weight is 322 g/mol. The number of carbonyl (C=O) groups excluding carboxylic acids is 1. The quantitative estimate of drug-likeness (QED) is 0.544. The zero-order valence-electron chi connectivity index (χ0n) is 13.4. The summed E-state index contributed by atoms with van der Waals surface area (Å²) in [4.78, 5) is 13.7. The summed E-state index contributed by atoms with van der Waals surface area (Å²) in [6.07, 6.45) is -1.25. The third-order valence-electron chi connectivity index (χ3n) is 4.45. The highest BCUT2D eigenvalue weighted by atomic mass is 16.3. The van der Waals surface area contributed by atoms with Gasteiger partial charge in [-0.1, -0.05) is 30.3 Å². The van der Waals surface area contributed by atoms with Crippen molar-refractivity contribution in [3.63, 3.8) is 0 Å². The van der Waals surface area contributed by atoms with Crippen LogP contribution in [0.3, 0.4) is 0 Å². The second kappa shape index (κ2) is 8.40. The van der Waals surface area contributed by atoms with Crippen LogP contribution in [0.1, 0.15) is 18.9 Å². The van der Waals surface area contributed by atoms with Crippen LogP contribution in [0.5, 0.6) is 0 Å². The molecule has 23 heavy (non-hydrogen) atoms. The summed E-state index contributed by atoms with van der Waals surface area (Å²) in [7, 11) is 0. The molecule has 1 aromatic rings. The molecule has 1 aliphatic rings. The molecule has 1 heterocycles. The maximum Gasteiger partial charge on any atom is 0.221 e. The zero-order chi connectivity index (χ0) is 16.8. The van der Waals surface area contributed by atoms with Gasteiger partial charge in [0.1, 0.15) is 0 Å². The number of nitrogens with one attached hydrogen (secondary N) is 1. The molecule has 4 N–H and O–H groups in total. The van der Waals surface area contributed by atoms with E-state index in [4.69, 9.17) is 0 Å². The molecule has 1 aliphatic heterocycles. The molecule has 1 aromatic carbocycles. The number of rotatable bonds is 7. The molecule has 0 radical (unpaired) electrons. The number of likely N-dealkylation sites (tertiary alicyclic amines) is 1. The van der Waals surface area contributed by atoms with E-state index in [0.29, 0.717) is 13.1 Å². The number of aliphatic hydroxyl groups excluding tert-OH is 3. The van der Waals surface area contributed by atoms with Gasteiger partial charge in [0.25, 0.3) is 0 Å². The van der Waals surface area contributed by atoms with E-state index in [0.717, 1.165) is 12.0 Å². The van der Waals surface area contributed by atoms with E-state index in [-0.39, 0.29) is 18.9 Å². The fraction of sp³-hybridized carbons (Fsp3) is 0.588. The Morgan fingerprint density at radius 1 is 1.17 bits per heavy atom. The lowest BCUT2D eigenvalue weighted by Crippen LogP contribution is -2.44. The molecular formula is C17H26N2O4. The molecule has 0 saturated carbocycles. The van der Waals surface area contributed by atoms with Gasteiger partial charge in [0.2, 0.25) is 5.91 Å². The van der Waals surface area contributed by atoms with Crippen molar-refractivity contribution in [3.05, 3.63) is 35.9 Å². The fourth-order valence-electron chi connectivity index (χ4n) is 3.24. The topological polar surface area (TPSA) is 93.0 Å². The number of aliphatic hydroxyl groups is 3. The smallest absolute Gasteiger partial charge is 0.221 e. The molecule has 0 spiro atoms. The summed E-state index contributed by atoms with van der Waals surface area (Å²) in [6.45, 7) is 2.67. The van der Waals surface area contributed by atoms with Gasteiger partial charge in [0.05, 0.1) is 24.9 Å². The molecule has 128 valence electrons. The van der Waals surface area contributed by atoms with Crippen molar-refractivity contribution in [1.82, 2.24) is 10.2 Å². The van der Waals surface area contributed by atoms with Crippen LogP contribution < -0.4 is 5.32 Å². The Balaban J connectivity index is 2.07. The highest BCUT2D eigenvalue weighted by molar-refractivity contribution is 5.76. The Labute approximate surface area is 136 Å². The number of nitrogens with zero attached hydrogens (tertiary/aromatic N) is 1. The Kier molecular flexibility index (Phi) is 6.53. The maximum atomic E-state index is 11.9. The Morgan fingerprint density at radius 3 is 2.43 bits per heavy atom. The normalized spacial score (nSPS) is 28.0. The van der Waals surface area contributed by atoms with Gasteiger partial charge in [-0.05, 0) is 18.9 Å². The summed E-state index contributed by atoms with van der Waals surface area (Å²) in [6, 6.07) is 8.84. The average Bonchev–Trinajstić information content (AvgIpc) is 2.78. The van der Waals surface area contributed by atoms with Crippen LogP contribution in [-0.2, 0) is 11.2 Å². The molecule has 0 bridgehead atoms. The van der Waals surface area contributed by atoms with Crippen LogP contribution in [0.4, 0.5) is 0 Å². The Hall–Kier alpha value is -1.47. The van der Waals surface area contributed by atoms with Crippen molar-refractivity contribution in [2.45, 2.75) is 44.1 Å². The van der Waals surface area contributed by atoms with Gasteiger partial charge in [-0.25, -0.2) is 0 Å². The van der Waals surface area contributed by atoms with Gasteiger partial charge in [-0.3, -0.25) is 9.69 Å². The summed E-state index contributed by atoms with van der Waals surface area (Å²) < 4.78 is 0. The van der Waals surface area contributed by atoms with Gasteiger partial charge in [-0.15, -0.1) is 0 Å². The van der Waals surface area contributed by atoms with Crippen LogP contribution in [0.2, 0.25) is 0 Å². The minimum absolute atomic E-state index is 0.108. The third-order valence-corrected chi connectivity index (χ3v) is 4.45. The first-order valence-corrected chi connectivity index (χ1v) is 8.11. The highest BCUT2D eigenvalue weighted by Crippen LogP contribution is 2.27. The lowest BCUT2D eigenvalue weighted by molar-refractivity contribution is -0.123. The molecule has 4 atom stereocenters. The first kappa shape index (κ1) is 17.9. The van der Waals surface area contributed by atoms with Crippen LogP contribution in [0.15, 0.2) is 30.3 Å². The van der Waals surface area contributed by atoms with E-state index in [1.54, 1.807) is 0 Å². The fourth-order valence-corrected chi connectivity index (χ4v) is 3.24. The monoisotopic (exact) mass is 322 g/mol. The van der Waals surface area contributed by atoms with Crippen molar-refractivity contribution >= 4 is 5.91 Å². The van der Waals surface area contributed by atoms with E-state index >= 15 is 0 Å². The summed E-state index contributed by atoms with van der Waals surface area (Å²) in [5.74, 6) is -0.160. The molecule has 2 rings (SSSR count). The predicted molar refractivity (Wildman–Crippen MR) is 86.8 cm³/mol. The molecule has 6 nitrogen and oxygen atoms in total. The second-order valence-electron chi connectivity index (χ2n) is 5.93. The Bertz CT molecular complexity index is 497. The van der Waals surface area contributed by atoms with E-state index < -0.39 is 24.3 Å². The summed E-state index contributed by atoms with van der Waals surface area (Å²) in [5, 5.41) is 32.7. The molecule has 0 aliphatic carbocycles. The van der Waals surface area contributed by atoms with Crippen LogP contribution in [0.25, 0.3) is 0 Å². The number of carbonyl (C=O) groups is 1. The maximum absolute atomic E-state index is 11.9. The SMILES string of the molecule is CCNC(=O)CC1C(O)C(O)C(CO)N1CCc1ccccc1. The highest BCUT2D eigenvalue weighted by Gasteiger charge is 2.47. The second-order valence-corrected chi connectivity index (χ2v) is 5.93. The van der Waals surface area contributed by atoms with Gasteiger partial charge < -0.3 is 20.6 Å². The van der Waals surface area contributed by atoms with Crippen molar-refractivity contribution < 1.29 is 20.1 Å². The zero-order valence-corrected chi connectivity index (χ0v) is 13.4. The van der Waals surface area contributed by atoms with Gasteiger partial charge >= 0.3 is 0 Å².